The number of aryl methyl sites for hydroxylation is 1. The van der Waals surface area contributed by atoms with E-state index in [9.17, 15) is 0 Å². The van der Waals surface area contributed by atoms with E-state index in [2.05, 4.69) is 16.8 Å². The molecule has 1 aliphatic heterocycles. The molecule has 18 heavy (non-hydrogen) atoms. The SMILES string of the molecule is CCCC1CCN(c2nc(C)ccc2C(=N)N)C1. The van der Waals surface area contributed by atoms with Gasteiger partial charge < -0.3 is 10.6 Å². The number of hydrogen-bond donors (Lipinski definition) is 2. The van der Waals surface area contributed by atoms with Gasteiger partial charge in [-0.05, 0) is 37.8 Å². The summed E-state index contributed by atoms with van der Waals surface area (Å²) < 4.78 is 0. The molecule has 1 unspecified atom stereocenters. The molecule has 0 saturated carbocycles. The van der Waals surface area contributed by atoms with Crippen molar-refractivity contribution < 1.29 is 0 Å². The lowest BCUT2D eigenvalue weighted by atomic mass is 10.0. The molecule has 98 valence electrons. The number of hydrogen-bond acceptors (Lipinski definition) is 3. The normalized spacial score (nSPS) is 19.2. The van der Waals surface area contributed by atoms with Crippen molar-refractivity contribution in [3.05, 3.63) is 23.4 Å². The van der Waals surface area contributed by atoms with Crippen molar-refractivity contribution in [2.24, 2.45) is 11.7 Å². The van der Waals surface area contributed by atoms with Crippen LogP contribution in [0.1, 0.15) is 37.4 Å². The second-order valence-corrected chi connectivity index (χ2v) is 5.13. The average Bonchev–Trinajstić information content (AvgIpc) is 2.77. The van der Waals surface area contributed by atoms with E-state index in [1.807, 2.05) is 19.1 Å². The van der Waals surface area contributed by atoms with Gasteiger partial charge in [0.05, 0.1) is 5.56 Å². The van der Waals surface area contributed by atoms with Crippen LogP contribution < -0.4 is 10.6 Å². The fourth-order valence-corrected chi connectivity index (χ4v) is 2.66. The zero-order chi connectivity index (χ0) is 13.1. The number of nitrogens with two attached hydrogens (primary N) is 1. The predicted molar refractivity (Wildman–Crippen MR) is 75.2 cm³/mol. The van der Waals surface area contributed by atoms with Crippen molar-refractivity contribution in [2.45, 2.75) is 33.1 Å². The van der Waals surface area contributed by atoms with Crippen LogP contribution in [0.4, 0.5) is 5.82 Å². The highest BCUT2D eigenvalue weighted by atomic mass is 15.2. The van der Waals surface area contributed by atoms with Gasteiger partial charge in [-0.25, -0.2) is 4.98 Å². The van der Waals surface area contributed by atoms with Crippen molar-refractivity contribution in [1.82, 2.24) is 4.98 Å². The van der Waals surface area contributed by atoms with Crippen LogP contribution in [-0.2, 0) is 0 Å². The van der Waals surface area contributed by atoms with Crippen LogP contribution in [-0.4, -0.2) is 23.9 Å². The van der Waals surface area contributed by atoms with Crippen molar-refractivity contribution >= 4 is 11.7 Å². The average molecular weight is 246 g/mol. The molecule has 1 fully saturated rings. The van der Waals surface area contributed by atoms with Crippen molar-refractivity contribution in [3.8, 4) is 0 Å². The van der Waals surface area contributed by atoms with Crippen LogP contribution >= 0.6 is 0 Å². The van der Waals surface area contributed by atoms with E-state index in [1.54, 1.807) is 0 Å². The fraction of sp³-hybridized carbons (Fsp3) is 0.571. The third-order valence-electron chi connectivity index (χ3n) is 3.59. The molecule has 1 aromatic rings. The number of amidine groups is 1. The monoisotopic (exact) mass is 246 g/mol. The largest absolute Gasteiger partial charge is 0.384 e. The Labute approximate surface area is 109 Å². The van der Waals surface area contributed by atoms with E-state index in [0.717, 1.165) is 36.1 Å². The zero-order valence-electron chi connectivity index (χ0n) is 11.2. The number of pyridine rings is 1. The van der Waals surface area contributed by atoms with Crippen LogP contribution in [0.25, 0.3) is 0 Å². The van der Waals surface area contributed by atoms with Gasteiger partial charge in [0.2, 0.25) is 0 Å². The standard InChI is InChI=1S/C14H22N4/c1-3-4-11-7-8-18(9-11)14-12(13(15)16)6-5-10(2)17-14/h5-6,11H,3-4,7-9H2,1-2H3,(H3,15,16). The van der Waals surface area contributed by atoms with Gasteiger partial charge in [-0.1, -0.05) is 13.3 Å². The molecule has 2 heterocycles. The molecule has 0 aromatic carbocycles. The summed E-state index contributed by atoms with van der Waals surface area (Å²) in [6.45, 7) is 6.29. The molecular weight excluding hydrogens is 224 g/mol. The van der Waals surface area contributed by atoms with Gasteiger partial charge in [0.1, 0.15) is 11.7 Å². The summed E-state index contributed by atoms with van der Waals surface area (Å²) in [4.78, 5) is 6.86. The highest BCUT2D eigenvalue weighted by Crippen LogP contribution is 2.27. The predicted octanol–water partition coefficient (Wildman–Crippen LogP) is 2.30. The number of aromatic nitrogens is 1. The molecule has 2 rings (SSSR count). The maximum absolute atomic E-state index is 7.65. The first-order valence-electron chi connectivity index (χ1n) is 6.68. The smallest absolute Gasteiger partial charge is 0.139 e. The molecule has 1 atom stereocenters. The summed E-state index contributed by atoms with van der Waals surface area (Å²) in [5.41, 5.74) is 7.38. The Morgan fingerprint density at radius 3 is 3.00 bits per heavy atom. The Kier molecular flexibility index (Phi) is 3.84. The molecule has 0 amide bonds. The van der Waals surface area contributed by atoms with Crippen molar-refractivity contribution in [2.75, 3.05) is 18.0 Å². The molecule has 3 N–H and O–H groups in total. The van der Waals surface area contributed by atoms with Gasteiger partial charge in [0, 0.05) is 18.8 Å². The topological polar surface area (TPSA) is 66.0 Å². The van der Waals surface area contributed by atoms with Gasteiger partial charge in [-0.3, -0.25) is 5.41 Å². The molecular formula is C14H22N4. The van der Waals surface area contributed by atoms with Gasteiger partial charge in [-0.2, -0.15) is 0 Å². The van der Waals surface area contributed by atoms with Crippen LogP contribution in [0, 0.1) is 18.3 Å². The number of rotatable bonds is 4. The van der Waals surface area contributed by atoms with Gasteiger partial charge in [0.15, 0.2) is 0 Å². The summed E-state index contributed by atoms with van der Waals surface area (Å²) in [6, 6.07) is 3.83. The van der Waals surface area contributed by atoms with Gasteiger partial charge in [-0.15, -0.1) is 0 Å². The third-order valence-corrected chi connectivity index (χ3v) is 3.59. The second kappa shape index (κ2) is 5.38. The van der Waals surface area contributed by atoms with Crippen LogP contribution in [0.15, 0.2) is 12.1 Å². The number of nitrogens with zero attached hydrogens (tertiary/aromatic N) is 2. The molecule has 0 radical (unpaired) electrons. The first-order valence-corrected chi connectivity index (χ1v) is 6.68. The number of nitrogens with one attached hydrogen (secondary N) is 1. The van der Waals surface area contributed by atoms with E-state index < -0.39 is 0 Å². The van der Waals surface area contributed by atoms with Crippen molar-refractivity contribution in [1.29, 1.82) is 5.41 Å². The first kappa shape index (κ1) is 12.9. The Morgan fingerprint density at radius 2 is 2.33 bits per heavy atom. The van der Waals surface area contributed by atoms with E-state index in [0.29, 0.717) is 0 Å². The summed E-state index contributed by atoms with van der Waals surface area (Å²) in [6.07, 6.45) is 3.73. The minimum Gasteiger partial charge on any atom is -0.384 e. The van der Waals surface area contributed by atoms with E-state index in [1.165, 1.54) is 19.3 Å². The molecule has 1 aromatic heterocycles. The lowest BCUT2D eigenvalue weighted by Crippen LogP contribution is -2.25. The molecule has 1 saturated heterocycles. The Bertz CT molecular complexity index is 441. The summed E-state index contributed by atoms with van der Waals surface area (Å²) in [7, 11) is 0. The van der Waals surface area contributed by atoms with Gasteiger partial charge in [0.25, 0.3) is 0 Å². The molecule has 1 aliphatic rings. The van der Waals surface area contributed by atoms with E-state index >= 15 is 0 Å². The van der Waals surface area contributed by atoms with Crippen LogP contribution in [0.3, 0.4) is 0 Å². The number of anilines is 1. The molecule has 4 nitrogen and oxygen atoms in total. The Balaban J connectivity index is 2.23. The maximum Gasteiger partial charge on any atom is 0.139 e. The molecule has 0 spiro atoms. The minimum absolute atomic E-state index is 0.108. The molecule has 4 heteroatoms. The summed E-state index contributed by atoms with van der Waals surface area (Å²) >= 11 is 0. The second-order valence-electron chi connectivity index (χ2n) is 5.13. The zero-order valence-corrected chi connectivity index (χ0v) is 11.2. The fourth-order valence-electron chi connectivity index (χ4n) is 2.66. The quantitative estimate of drug-likeness (QED) is 0.633. The van der Waals surface area contributed by atoms with Crippen LogP contribution in [0.5, 0.6) is 0 Å². The lowest BCUT2D eigenvalue weighted by molar-refractivity contribution is 0.529. The minimum atomic E-state index is 0.108. The summed E-state index contributed by atoms with van der Waals surface area (Å²) in [5, 5.41) is 7.65. The Morgan fingerprint density at radius 1 is 1.56 bits per heavy atom. The maximum atomic E-state index is 7.65. The highest BCUT2D eigenvalue weighted by molar-refractivity contribution is 5.99. The van der Waals surface area contributed by atoms with E-state index in [4.69, 9.17) is 11.1 Å². The van der Waals surface area contributed by atoms with E-state index in [-0.39, 0.29) is 5.84 Å². The summed E-state index contributed by atoms with van der Waals surface area (Å²) in [5.74, 6) is 1.76. The highest BCUT2D eigenvalue weighted by Gasteiger charge is 2.25. The van der Waals surface area contributed by atoms with Crippen molar-refractivity contribution in [3.63, 3.8) is 0 Å². The van der Waals surface area contributed by atoms with Gasteiger partial charge >= 0.3 is 0 Å². The Hall–Kier alpha value is -1.58. The lowest BCUT2D eigenvalue weighted by Gasteiger charge is -2.21. The van der Waals surface area contributed by atoms with Crippen LogP contribution in [0.2, 0.25) is 0 Å². The first-order chi connectivity index (χ1) is 8.61. The number of nitrogen functional groups attached to an aromatic ring is 1. The molecule has 0 bridgehead atoms. The molecule has 0 aliphatic carbocycles. The third kappa shape index (κ3) is 2.63.